The Morgan fingerprint density at radius 3 is 2.79 bits per heavy atom. The first-order valence-electron chi connectivity index (χ1n) is 9.80. The van der Waals surface area contributed by atoms with E-state index < -0.39 is 0 Å². The van der Waals surface area contributed by atoms with Crippen LogP contribution in [0.25, 0.3) is 11.1 Å². The molecule has 1 saturated carbocycles. The number of amides is 2. The minimum atomic E-state index is -0.388. The summed E-state index contributed by atoms with van der Waals surface area (Å²) in [4.78, 5) is 33.5. The number of hydrogen-bond acceptors (Lipinski definition) is 5. The van der Waals surface area contributed by atoms with Crippen molar-refractivity contribution >= 4 is 17.6 Å². The number of likely N-dealkylation sites (N-methyl/N-ethyl adjacent to an activating group) is 1. The van der Waals surface area contributed by atoms with Gasteiger partial charge >= 0.3 is 0 Å². The first-order valence-corrected chi connectivity index (χ1v) is 9.80. The number of hydrogen-bond donors (Lipinski definition) is 1. The van der Waals surface area contributed by atoms with Crippen LogP contribution in [0.2, 0.25) is 0 Å². The van der Waals surface area contributed by atoms with E-state index in [2.05, 4.69) is 4.98 Å². The maximum Gasteiger partial charge on any atom is 0.254 e. The van der Waals surface area contributed by atoms with Crippen molar-refractivity contribution in [2.24, 2.45) is 5.92 Å². The first kappa shape index (κ1) is 18.9. The second-order valence-corrected chi connectivity index (χ2v) is 7.80. The van der Waals surface area contributed by atoms with Gasteiger partial charge in [0, 0.05) is 37.5 Å². The second kappa shape index (κ2) is 7.55. The number of carbonyl (C=O) groups excluding carboxylic acids is 2. The molecule has 2 aromatic rings. The molecule has 0 radical (unpaired) electrons. The van der Waals surface area contributed by atoms with Gasteiger partial charge in [0.05, 0.1) is 5.56 Å². The van der Waals surface area contributed by atoms with E-state index in [-0.39, 0.29) is 23.7 Å². The van der Waals surface area contributed by atoms with Crippen LogP contribution in [-0.2, 0) is 4.79 Å². The van der Waals surface area contributed by atoms with Crippen molar-refractivity contribution < 1.29 is 9.59 Å². The summed E-state index contributed by atoms with van der Waals surface area (Å²) in [6, 6.07) is 10.5. The molecule has 1 atom stereocenters. The van der Waals surface area contributed by atoms with Gasteiger partial charge in [-0.2, -0.15) is 5.26 Å². The fourth-order valence-electron chi connectivity index (χ4n) is 3.77. The average molecular weight is 389 g/mol. The maximum absolute atomic E-state index is 13.3. The number of benzene rings is 1. The Bertz CT molecular complexity index is 1010. The number of rotatable bonds is 4. The van der Waals surface area contributed by atoms with E-state index in [0.29, 0.717) is 30.1 Å². The van der Waals surface area contributed by atoms with Crippen LogP contribution >= 0.6 is 0 Å². The van der Waals surface area contributed by atoms with Crippen LogP contribution in [0.5, 0.6) is 0 Å². The van der Waals surface area contributed by atoms with Gasteiger partial charge in [0.1, 0.15) is 17.9 Å². The molecule has 1 aromatic heterocycles. The number of nitrogens with two attached hydrogens (primary N) is 1. The number of aromatic nitrogens is 1. The second-order valence-electron chi connectivity index (χ2n) is 7.80. The third-order valence-electron chi connectivity index (χ3n) is 5.71. The highest BCUT2D eigenvalue weighted by atomic mass is 16.2. The number of anilines is 1. The first-order chi connectivity index (χ1) is 14.0. The predicted octanol–water partition coefficient (Wildman–Crippen LogP) is 2.29. The Hall–Kier alpha value is -3.40. The Balaban J connectivity index is 1.62. The molecular weight excluding hydrogens is 366 g/mol. The van der Waals surface area contributed by atoms with Gasteiger partial charge in [-0.1, -0.05) is 25.0 Å². The molecule has 1 saturated heterocycles. The van der Waals surface area contributed by atoms with Crippen molar-refractivity contribution in [1.82, 2.24) is 14.8 Å². The quantitative estimate of drug-likeness (QED) is 0.864. The average Bonchev–Trinajstić information content (AvgIpc) is 3.56. The summed E-state index contributed by atoms with van der Waals surface area (Å²) in [5, 5.41) is 9.19. The van der Waals surface area contributed by atoms with Crippen LogP contribution in [0.4, 0.5) is 5.82 Å². The number of nitriles is 1. The third kappa shape index (κ3) is 3.79. The van der Waals surface area contributed by atoms with E-state index in [9.17, 15) is 14.9 Å². The lowest BCUT2D eigenvalue weighted by Gasteiger charge is -2.39. The highest BCUT2D eigenvalue weighted by molar-refractivity contribution is 5.99. The van der Waals surface area contributed by atoms with E-state index in [1.807, 2.05) is 12.1 Å². The molecule has 2 heterocycles. The van der Waals surface area contributed by atoms with Crippen molar-refractivity contribution in [3.8, 4) is 17.2 Å². The standard InChI is InChI=1S/C22H23N5O2/c1-26-7-8-27(19(22(26)29)9-14-5-6-14)21(28)16-4-2-3-15(10-16)18-11-17(12-23)20(24)25-13-18/h2-4,10-11,13-14,19H,5-9H2,1H3,(H2,24,25). The van der Waals surface area contributed by atoms with Gasteiger partial charge < -0.3 is 15.5 Å². The van der Waals surface area contributed by atoms with Crippen LogP contribution in [0.15, 0.2) is 36.5 Å². The summed E-state index contributed by atoms with van der Waals surface area (Å²) in [7, 11) is 1.80. The number of carbonyl (C=O) groups is 2. The molecule has 0 bridgehead atoms. The predicted molar refractivity (Wildman–Crippen MR) is 109 cm³/mol. The van der Waals surface area contributed by atoms with Crippen LogP contribution in [0, 0.1) is 17.2 Å². The summed E-state index contributed by atoms with van der Waals surface area (Å²) in [6.07, 6.45) is 4.60. The van der Waals surface area contributed by atoms with E-state index >= 15 is 0 Å². The fraction of sp³-hybridized carbons (Fsp3) is 0.364. The normalized spacial score (nSPS) is 19.2. The molecule has 148 valence electrons. The van der Waals surface area contributed by atoms with Crippen LogP contribution in [-0.4, -0.2) is 52.8 Å². The van der Waals surface area contributed by atoms with Crippen LogP contribution in [0.1, 0.15) is 35.2 Å². The lowest BCUT2D eigenvalue weighted by Crippen LogP contribution is -2.57. The lowest BCUT2D eigenvalue weighted by molar-refractivity contribution is -0.139. The molecule has 7 nitrogen and oxygen atoms in total. The van der Waals surface area contributed by atoms with Gasteiger partial charge in [-0.15, -0.1) is 0 Å². The van der Waals surface area contributed by atoms with Crippen molar-refractivity contribution in [1.29, 1.82) is 5.26 Å². The molecule has 1 aliphatic carbocycles. The maximum atomic E-state index is 13.3. The van der Waals surface area contributed by atoms with Crippen molar-refractivity contribution in [3.63, 3.8) is 0 Å². The van der Waals surface area contributed by atoms with Gasteiger partial charge in [-0.3, -0.25) is 9.59 Å². The molecule has 29 heavy (non-hydrogen) atoms. The number of nitrogens with zero attached hydrogens (tertiary/aromatic N) is 4. The lowest BCUT2D eigenvalue weighted by atomic mass is 10.00. The Morgan fingerprint density at radius 1 is 1.28 bits per heavy atom. The van der Waals surface area contributed by atoms with E-state index in [0.717, 1.165) is 30.4 Å². The molecule has 2 amide bonds. The van der Waals surface area contributed by atoms with E-state index in [1.54, 1.807) is 47.3 Å². The van der Waals surface area contributed by atoms with Gasteiger partial charge in [0.25, 0.3) is 5.91 Å². The third-order valence-corrected chi connectivity index (χ3v) is 5.71. The Morgan fingerprint density at radius 2 is 2.07 bits per heavy atom. The van der Waals surface area contributed by atoms with E-state index in [4.69, 9.17) is 5.73 Å². The van der Waals surface area contributed by atoms with Crippen molar-refractivity contribution in [2.75, 3.05) is 25.9 Å². The van der Waals surface area contributed by atoms with Crippen molar-refractivity contribution in [3.05, 3.63) is 47.7 Å². The summed E-state index contributed by atoms with van der Waals surface area (Å²) in [5.41, 5.74) is 8.03. The fourth-order valence-corrected chi connectivity index (χ4v) is 3.77. The molecule has 7 heteroatoms. The van der Waals surface area contributed by atoms with Crippen LogP contribution in [0.3, 0.4) is 0 Å². The van der Waals surface area contributed by atoms with Crippen LogP contribution < -0.4 is 5.73 Å². The monoisotopic (exact) mass is 389 g/mol. The number of piperazine rings is 1. The van der Waals surface area contributed by atoms with Gasteiger partial charge in [-0.05, 0) is 36.1 Å². The van der Waals surface area contributed by atoms with Gasteiger partial charge in [-0.25, -0.2) is 4.98 Å². The number of nitrogen functional groups attached to an aromatic ring is 1. The summed E-state index contributed by atoms with van der Waals surface area (Å²) < 4.78 is 0. The molecule has 2 N–H and O–H groups in total. The van der Waals surface area contributed by atoms with Crippen molar-refractivity contribution in [2.45, 2.75) is 25.3 Å². The molecule has 0 spiro atoms. The highest BCUT2D eigenvalue weighted by Crippen LogP contribution is 2.36. The zero-order valence-corrected chi connectivity index (χ0v) is 16.3. The van der Waals surface area contributed by atoms with E-state index in [1.165, 1.54) is 0 Å². The zero-order chi connectivity index (χ0) is 20.5. The molecule has 4 rings (SSSR count). The minimum absolute atomic E-state index is 0.0223. The van der Waals surface area contributed by atoms with Gasteiger partial charge in [0.15, 0.2) is 0 Å². The SMILES string of the molecule is CN1CCN(C(=O)c2cccc(-c3cnc(N)c(C#N)c3)c2)C(CC2CC2)C1=O. The summed E-state index contributed by atoms with van der Waals surface area (Å²) in [6.45, 7) is 1.07. The summed E-state index contributed by atoms with van der Waals surface area (Å²) >= 11 is 0. The topological polar surface area (TPSA) is 103 Å². The molecule has 2 aliphatic rings. The van der Waals surface area contributed by atoms with Gasteiger partial charge in [0.2, 0.25) is 5.91 Å². The Labute approximate surface area is 169 Å². The molecule has 2 fully saturated rings. The summed E-state index contributed by atoms with van der Waals surface area (Å²) in [5.74, 6) is 0.613. The number of pyridine rings is 1. The molecular formula is C22H23N5O2. The smallest absolute Gasteiger partial charge is 0.254 e. The zero-order valence-electron chi connectivity index (χ0n) is 16.3. The largest absolute Gasteiger partial charge is 0.383 e. The highest BCUT2D eigenvalue weighted by Gasteiger charge is 2.39. The minimum Gasteiger partial charge on any atom is -0.383 e. The Kier molecular flexibility index (Phi) is 4.93. The molecule has 1 unspecified atom stereocenters. The molecule has 1 aromatic carbocycles. The molecule has 1 aliphatic heterocycles.